The first-order chi connectivity index (χ1) is 38.2. The third-order valence-corrected chi connectivity index (χ3v) is 16.4. The van der Waals surface area contributed by atoms with Gasteiger partial charge in [0.1, 0.15) is 18.1 Å². The number of para-hydroxylation sites is 1. The van der Waals surface area contributed by atoms with Gasteiger partial charge in [-0.05, 0) is 175 Å². The molecule has 3 heterocycles. The van der Waals surface area contributed by atoms with E-state index in [9.17, 15) is 38.4 Å². The Morgan fingerprint density at radius 1 is 0.544 bits per heavy atom. The average molecular weight is 1080 g/mol. The van der Waals surface area contributed by atoms with E-state index in [4.69, 9.17) is 0 Å². The summed E-state index contributed by atoms with van der Waals surface area (Å²) >= 11 is 0. The van der Waals surface area contributed by atoms with Gasteiger partial charge in [0.05, 0.1) is 18.1 Å². The van der Waals surface area contributed by atoms with Crippen molar-refractivity contribution < 1.29 is 38.4 Å². The number of hydrogen-bond acceptors (Lipinski definition) is 10. The molecule has 17 nitrogen and oxygen atoms in total. The number of nitrogens with zero attached hydrogens (tertiary/aromatic N) is 3. The van der Waals surface area contributed by atoms with Gasteiger partial charge in [-0.1, -0.05) is 66.7 Å². The molecule has 1 aliphatic carbocycles. The zero-order chi connectivity index (χ0) is 56.0. The summed E-state index contributed by atoms with van der Waals surface area (Å²) in [6.45, 7) is 4.77. The van der Waals surface area contributed by atoms with Gasteiger partial charge in [0.25, 0.3) is 0 Å². The van der Waals surface area contributed by atoms with Crippen molar-refractivity contribution in [3.05, 3.63) is 125 Å². The number of anilines is 3. The normalized spacial score (nSPS) is 19.2. The zero-order valence-corrected chi connectivity index (χ0v) is 46.3. The summed E-state index contributed by atoms with van der Waals surface area (Å²) in [6.07, 6.45) is 8.99. The number of carbonyl (C=O) groups excluding carboxylic acids is 8. The third kappa shape index (κ3) is 14.9. The first kappa shape index (κ1) is 57.9. The van der Waals surface area contributed by atoms with E-state index in [1.165, 1.54) is 11.1 Å². The summed E-state index contributed by atoms with van der Waals surface area (Å²) in [7, 11) is 3.32. The van der Waals surface area contributed by atoms with Crippen LogP contribution in [0.3, 0.4) is 0 Å². The van der Waals surface area contributed by atoms with Crippen molar-refractivity contribution in [2.24, 2.45) is 0 Å². The Labute approximate surface area is 464 Å². The Morgan fingerprint density at radius 2 is 1.04 bits per heavy atom. The van der Waals surface area contributed by atoms with Crippen molar-refractivity contribution in [1.29, 1.82) is 0 Å². The SMILES string of the molecule is CN[C@@H](C)C(=O)NC(CCC(=O)Nc1ccc(CCc2ccc(NC(=O)CCC(NC(=O)[C@H](C)NC)C(=O)N3CCC[C@H]3C(=O)N3CCCc4ccccc43)cc2)cc1)C(=O)N1CCC[C@H]1C(=O)C[C@@H]1CCCc2ccccc21. The van der Waals surface area contributed by atoms with Crippen LogP contribution >= 0.6 is 0 Å². The second kappa shape index (κ2) is 27.6. The van der Waals surface area contributed by atoms with Crippen molar-refractivity contribution in [1.82, 2.24) is 31.1 Å². The van der Waals surface area contributed by atoms with Crippen molar-refractivity contribution in [3.8, 4) is 0 Å². The number of likely N-dealkylation sites (N-methyl/N-ethyl adjacent to an activating group) is 2. The largest absolute Gasteiger partial charge is 0.343 e. The van der Waals surface area contributed by atoms with Gasteiger partial charge >= 0.3 is 0 Å². The number of hydrogen-bond donors (Lipinski definition) is 6. The van der Waals surface area contributed by atoms with Gasteiger partial charge < -0.3 is 46.6 Å². The molecule has 8 rings (SSSR count). The van der Waals surface area contributed by atoms with Gasteiger partial charge in [-0.2, -0.15) is 0 Å². The van der Waals surface area contributed by atoms with Crippen LogP contribution in [0.2, 0.25) is 0 Å². The van der Waals surface area contributed by atoms with Crippen LogP contribution < -0.4 is 36.8 Å². The lowest BCUT2D eigenvalue weighted by molar-refractivity contribution is -0.141. The van der Waals surface area contributed by atoms with E-state index in [2.05, 4.69) is 44.0 Å². The minimum absolute atomic E-state index is 0.0271. The molecule has 4 aliphatic rings. The van der Waals surface area contributed by atoms with Crippen LogP contribution in [0.4, 0.5) is 17.1 Å². The molecule has 79 heavy (non-hydrogen) atoms. The third-order valence-electron chi connectivity index (χ3n) is 16.4. The molecule has 420 valence electrons. The van der Waals surface area contributed by atoms with Gasteiger partial charge in [0.2, 0.25) is 41.4 Å². The van der Waals surface area contributed by atoms with E-state index in [0.29, 0.717) is 76.0 Å². The fraction of sp³-hybridized carbons (Fsp3) is 0.484. The number of aryl methyl sites for hydroxylation is 4. The molecule has 4 aromatic rings. The van der Waals surface area contributed by atoms with Crippen LogP contribution in [0.25, 0.3) is 0 Å². The monoisotopic (exact) mass is 1080 g/mol. The fourth-order valence-electron chi connectivity index (χ4n) is 11.6. The number of fused-ring (bicyclic) bond motifs is 2. The van der Waals surface area contributed by atoms with Crippen LogP contribution in [-0.2, 0) is 64.0 Å². The molecule has 7 amide bonds. The number of rotatable bonds is 23. The number of likely N-dealkylation sites (tertiary alicyclic amines) is 2. The summed E-state index contributed by atoms with van der Waals surface area (Å²) in [5.41, 5.74) is 7.78. The number of ketones is 1. The average Bonchev–Trinajstić information content (AvgIpc) is 4.26. The molecule has 0 spiro atoms. The van der Waals surface area contributed by atoms with Crippen LogP contribution in [0.15, 0.2) is 97.1 Å². The number of amides is 7. The molecule has 4 aromatic carbocycles. The van der Waals surface area contributed by atoms with Gasteiger partial charge in [0, 0.05) is 56.0 Å². The Kier molecular flexibility index (Phi) is 20.2. The molecule has 2 fully saturated rings. The van der Waals surface area contributed by atoms with E-state index in [-0.39, 0.29) is 78.7 Å². The van der Waals surface area contributed by atoms with Gasteiger partial charge in [-0.15, -0.1) is 0 Å². The second-order valence-corrected chi connectivity index (χ2v) is 21.8. The quantitative estimate of drug-likeness (QED) is 0.0499. The van der Waals surface area contributed by atoms with Crippen molar-refractivity contribution >= 4 is 64.2 Å². The number of nitrogens with one attached hydrogen (secondary N) is 6. The number of Topliss-reactive ketones (excluding diaryl/α,β-unsaturated/α-hetero) is 1. The maximum absolute atomic E-state index is 14.2. The molecular weight excluding hydrogens is 999 g/mol. The van der Waals surface area contributed by atoms with Crippen LogP contribution in [0, 0.1) is 0 Å². The molecule has 0 aromatic heterocycles. The molecule has 2 unspecified atom stereocenters. The highest BCUT2D eigenvalue weighted by Gasteiger charge is 2.42. The summed E-state index contributed by atoms with van der Waals surface area (Å²) in [5.74, 6) is -2.02. The van der Waals surface area contributed by atoms with Crippen molar-refractivity contribution in [2.45, 2.75) is 159 Å². The predicted octanol–water partition coefficient (Wildman–Crippen LogP) is 6.14. The van der Waals surface area contributed by atoms with E-state index in [1.807, 2.05) is 84.9 Å². The summed E-state index contributed by atoms with van der Waals surface area (Å²) < 4.78 is 0. The van der Waals surface area contributed by atoms with Crippen molar-refractivity contribution in [3.63, 3.8) is 0 Å². The van der Waals surface area contributed by atoms with Crippen LogP contribution in [0.1, 0.15) is 125 Å². The summed E-state index contributed by atoms with van der Waals surface area (Å²) in [4.78, 5) is 114. The first-order valence-electron chi connectivity index (χ1n) is 28.5. The Hall–Kier alpha value is -7.24. The number of benzene rings is 4. The first-order valence-corrected chi connectivity index (χ1v) is 28.5. The Balaban J connectivity index is 0.799. The molecule has 0 saturated carbocycles. The summed E-state index contributed by atoms with van der Waals surface area (Å²) in [5, 5.41) is 17.4. The molecule has 6 N–H and O–H groups in total. The standard InChI is InChI=1S/C62H79N9O8/c1-40(63-3)58(75)67-50(60(77)70-37-11-20-53(70)55(72)39-46-16-9-15-44-13-5-7-18-49(44)46)32-34-56(73)65-47-28-24-42(25-29-47)22-23-43-26-30-48(31-27-43)66-57(74)35-33-51(68-59(76)41(2)64-4)61(78)71-38-12-21-54(71)62(79)69-36-10-17-45-14-6-8-19-52(45)69/h5-8,13-14,18-19,24-31,40-41,46,50-51,53-54,63-64H,9-12,15-17,20-23,32-39H2,1-4H3,(H,65,73)(H,66,74)(H,67,75)(H,68,76)/t40-,41-,46-,50?,51?,53-,54-/m0/s1. The second-order valence-electron chi connectivity index (χ2n) is 21.8. The molecule has 0 bridgehead atoms. The topological polar surface area (TPSA) is 218 Å². The Bertz CT molecular complexity index is 2820. The predicted molar refractivity (Wildman–Crippen MR) is 305 cm³/mol. The molecule has 2 saturated heterocycles. The fourth-order valence-corrected chi connectivity index (χ4v) is 11.6. The van der Waals surface area contributed by atoms with Crippen LogP contribution in [-0.4, -0.2) is 127 Å². The van der Waals surface area contributed by atoms with Gasteiger partial charge in [0.15, 0.2) is 5.78 Å². The molecule has 0 radical (unpaired) electrons. The van der Waals surface area contributed by atoms with Gasteiger partial charge in [-0.3, -0.25) is 38.4 Å². The minimum Gasteiger partial charge on any atom is -0.343 e. The highest BCUT2D eigenvalue weighted by Crippen LogP contribution is 2.36. The van der Waals surface area contributed by atoms with Crippen LogP contribution in [0.5, 0.6) is 0 Å². The summed E-state index contributed by atoms with van der Waals surface area (Å²) in [6, 6.07) is 26.9. The maximum Gasteiger partial charge on any atom is 0.249 e. The highest BCUT2D eigenvalue weighted by molar-refractivity contribution is 6.02. The van der Waals surface area contributed by atoms with E-state index >= 15 is 0 Å². The smallest absolute Gasteiger partial charge is 0.249 e. The van der Waals surface area contributed by atoms with E-state index in [1.54, 1.807) is 42.6 Å². The lowest BCUT2D eigenvalue weighted by Crippen LogP contribution is -2.56. The lowest BCUT2D eigenvalue weighted by atomic mass is 9.79. The molecule has 7 atom stereocenters. The molecule has 3 aliphatic heterocycles. The van der Waals surface area contributed by atoms with E-state index < -0.39 is 36.3 Å². The lowest BCUT2D eigenvalue weighted by Gasteiger charge is -2.35. The maximum atomic E-state index is 14.2. The van der Waals surface area contributed by atoms with Crippen molar-refractivity contribution in [2.75, 3.05) is 49.3 Å². The molecule has 17 heteroatoms. The number of carbonyl (C=O) groups is 8. The zero-order valence-electron chi connectivity index (χ0n) is 46.3. The highest BCUT2D eigenvalue weighted by atomic mass is 16.2. The molecular formula is C62H79N9O8. The Morgan fingerprint density at radius 3 is 1.59 bits per heavy atom. The van der Waals surface area contributed by atoms with E-state index in [0.717, 1.165) is 54.5 Å². The minimum atomic E-state index is -1.00. The van der Waals surface area contributed by atoms with Gasteiger partial charge in [-0.25, -0.2) is 0 Å².